The van der Waals surface area contributed by atoms with Crippen LogP contribution in [-0.2, 0) is 9.53 Å². The van der Waals surface area contributed by atoms with Gasteiger partial charge in [-0.3, -0.25) is 4.79 Å². The summed E-state index contributed by atoms with van der Waals surface area (Å²) in [5, 5.41) is 0. The monoisotopic (exact) mass is 198 g/mol. The van der Waals surface area contributed by atoms with Crippen molar-refractivity contribution in [1.29, 1.82) is 0 Å². The molecule has 0 bridgehead atoms. The molecule has 2 nitrogen and oxygen atoms in total. The van der Waals surface area contributed by atoms with E-state index in [2.05, 4.69) is 19.1 Å². The van der Waals surface area contributed by atoms with E-state index in [0.717, 1.165) is 12.8 Å². The predicted octanol–water partition coefficient (Wildman–Crippen LogP) is 3.32. The van der Waals surface area contributed by atoms with Crippen molar-refractivity contribution in [2.24, 2.45) is 5.92 Å². The molecule has 2 heteroatoms. The number of hydrogen-bond donors (Lipinski definition) is 0. The van der Waals surface area contributed by atoms with E-state index in [-0.39, 0.29) is 12.1 Å². The van der Waals surface area contributed by atoms with E-state index in [0.29, 0.717) is 12.3 Å². The Bertz CT molecular complexity index is 183. The summed E-state index contributed by atoms with van der Waals surface area (Å²) in [5.74, 6) is 0.290. The van der Waals surface area contributed by atoms with E-state index in [4.69, 9.17) is 4.74 Å². The quantitative estimate of drug-likeness (QED) is 0.483. The Morgan fingerprint density at radius 1 is 1.29 bits per heavy atom. The Morgan fingerprint density at radius 3 is 2.43 bits per heavy atom. The minimum absolute atomic E-state index is 0.00375. The average Bonchev–Trinajstić information content (AvgIpc) is 2.02. The van der Waals surface area contributed by atoms with Gasteiger partial charge < -0.3 is 4.74 Å². The molecule has 0 heterocycles. The highest BCUT2D eigenvalue weighted by atomic mass is 16.5. The van der Waals surface area contributed by atoms with Crippen LogP contribution in [0.15, 0.2) is 12.2 Å². The smallest absolute Gasteiger partial charge is 0.306 e. The molecule has 0 spiro atoms. The van der Waals surface area contributed by atoms with Crippen molar-refractivity contribution in [2.45, 2.75) is 53.1 Å². The summed E-state index contributed by atoms with van der Waals surface area (Å²) < 4.78 is 5.22. The average molecular weight is 198 g/mol. The van der Waals surface area contributed by atoms with Gasteiger partial charge in [-0.05, 0) is 19.3 Å². The van der Waals surface area contributed by atoms with Crippen LogP contribution in [0.4, 0.5) is 0 Å². The van der Waals surface area contributed by atoms with Crippen molar-refractivity contribution in [1.82, 2.24) is 0 Å². The molecule has 0 aliphatic rings. The molecule has 1 unspecified atom stereocenters. The molecule has 0 aromatic heterocycles. The molecule has 0 saturated carbocycles. The highest BCUT2D eigenvalue weighted by Gasteiger charge is 2.09. The highest BCUT2D eigenvalue weighted by molar-refractivity contribution is 5.69. The van der Waals surface area contributed by atoms with E-state index >= 15 is 0 Å². The predicted molar refractivity (Wildman–Crippen MR) is 59.1 cm³/mol. The maximum absolute atomic E-state index is 11.3. The molecule has 0 aromatic carbocycles. The van der Waals surface area contributed by atoms with Crippen LogP contribution in [0.2, 0.25) is 0 Å². The number of hydrogen-bond acceptors (Lipinski definition) is 2. The summed E-state index contributed by atoms with van der Waals surface area (Å²) in [4.78, 5) is 11.3. The number of rotatable bonds is 6. The summed E-state index contributed by atoms with van der Waals surface area (Å²) in [7, 11) is 0. The van der Waals surface area contributed by atoms with Crippen molar-refractivity contribution in [3.8, 4) is 0 Å². The zero-order valence-corrected chi connectivity index (χ0v) is 9.75. The summed E-state index contributed by atoms with van der Waals surface area (Å²) >= 11 is 0. The van der Waals surface area contributed by atoms with Crippen molar-refractivity contribution >= 4 is 5.97 Å². The maximum atomic E-state index is 11.3. The minimum Gasteiger partial charge on any atom is -0.462 e. The SMILES string of the molecule is CC/C=C/CC(C)OC(=O)CC(C)C. The fourth-order valence-electron chi connectivity index (χ4n) is 1.11. The Balaban J connectivity index is 3.65. The lowest BCUT2D eigenvalue weighted by Gasteiger charge is -2.12. The lowest BCUT2D eigenvalue weighted by atomic mass is 10.1. The van der Waals surface area contributed by atoms with E-state index < -0.39 is 0 Å². The van der Waals surface area contributed by atoms with Crippen molar-refractivity contribution in [3.05, 3.63) is 12.2 Å². The van der Waals surface area contributed by atoms with Gasteiger partial charge in [0.25, 0.3) is 0 Å². The third-order valence-corrected chi connectivity index (χ3v) is 1.78. The largest absolute Gasteiger partial charge is 0.462 e. The van der Waals surface area contributed by atoms with Crippen LogP contribution < -0.4 is 0 Å². The van der Waals surface area contributed by atoms with Gasteiger partial charge in [0.05, 0.1) is 0 Å². The molecule has 14 heavy (non-hydrogen) atoms. The van der Waals surface area contributed by atoms with Crippen molar-refractivity contribution < 1.29 is 9.53 Å². The summed E-state index contributed by atoms with van der Waals surface area (Å²) in [6.45, 7) is 8.05. The zero-order valence-electron chi connectivity index (χ0n) is 9.75. The summed E-state index contributed by atoms with van der Waals surface area (Å²) in [5.41, 5.74) is 0. The van der Waals surface area contributed by atoms with Crippen LogP contribution in [0.5, 0.6) is 0 Å². The van der Waals surface area contributed by atoms with Gasteiger partial charge in [0.15, 0.2) is 0 Å². The third kappa shape index (κ3) is 7.84. The minimum atomic E-state index is -0.0857. The first-order valence-corrected chi connectivity index (χ1v) is 5.40. The molecule has 0 fully saturated rings. The van der Waals surface area contributed by atoms with Crippen LogP contribution >= 0.6 is 0 Å². The van der Waals surface area contributed by atoms with Crippen LogP contribution in [0, 0.1) is 5.92 Å². The first kappa shape index (κ1) is 13.2. The van der Waals surface area contributed by atoms with Gasteiger partial charge in [0.1, 0.15) is 6.10 Å². The van der Waals surface area contributed by atoms with Gasteiger partial charge in [-0.2, -0.15) is 0 Å². The normalized spacial score (nSPS) is 13.5. The molecule has 0 N–H and O–H groups in total. The molecule has 82 valence electrons. The Kier molecular flexibility index (Phi) is 7.17. The Hall–Kier alpha value is -0.790. The number of carbonyl (C=O) groups is 1. The first-order valence-electron chi connectivity index (χ1n) is 5.40. The second-order valence-corrected chi connectivity index (χ2v) is 4.01. The highest BCUT2D eigenvalue weighted by Crippen LogP contribution is 2.06. The summed E-state index contributed by atoms with van der Waals surface area (Å²) in [6, 6.07) is 0. The molecule has 0 saturated heterocycles. The van der Waals surface area contributed by atoms with Crippen LogP contribution in [-0.4, -0.2) is 12.1 Å². The standard InChI is InChI=1S/C12H22O2/c1-5-6-7-8-11(4)14-12(13)9-10(2)3/h6-7,10-11H,5,8-9H2,1-4H3/b7-6+. The first-order chi connectivity index (χ1) is 6.56. The van der Waals surface area contributed by atoms with Gasteiger partial charge >= 0.3 is 5.97 Å². The third-order valence-electron chi connectivity index (χ3n) is 1.78. The number of ether oxygens (including phenoxy) is 1. The fourth-order valence-corrected chi connectivity index (χ4v) is 1.11. The Morgan fingerprint density at radius 2 is 1.93 bits per heavy atom. The molecule has 0 aliphatic carbocycles. The van der Waals surface area contributed by atoms with E-state index in [9.17, 15) is 4.79 Å². The molecular weight excluding hydrogens is 176 g/mol. The molecule has 0 aliphatic heterocycles. The van der Waals surface area contributed by atoms with Gasteiger partial charge in [-0.1, -0.05) is 32.9 Å². The fraction of sp³-hybridized carbons (Fsp3) is 0.750. The van der Waals surface area contributed by atoms with Gasteiger partial charge in [0, 0.05) is 12.8 Å². The zero-order chi connectivity index (χ0) is 11.0. The summed E-state index contributed by atoms with van der Waals surface area (Å²) in [6.07, 6.45) is 6.52. The van der Waals surface area contributed by atoms with Crippen molar-refractivity contribution in [2.75, 3.05) is 0 Å². The lowest BCUT2D eigenvalue weighted by Crippen LogP contribution is -2.15. The maximum Gasteiger partial charge on any atom is 0.306 e. The Labute approximate surface area is 87.3 Å². The van der Waals surface area contributed by atoms with E-state index in [1.807, 2.05) is 20.8 Å². The second-order valence-electron chi connectivity index (χ2n) is 4.01. The molecule has 0 amide bonds. The van der Waals surface area contributed by atoms with Crippen LogP contribution in [0.25, 0.3) is 0 Å². The lowest BCUT2D eigenvalue weighted by molar-refractivity contribution is -0.148. The van der Waals surface area contributed by atoms with Crippen molar-refractivity contribution in [3.63, 3.8) is 0 Å². The number of carbonyl (C=O) groups excluding carboxylic acids is 1. The molecular formula is C12H22O2. The number of allylic oxidation sites excluding steroid dienone is 1. The van der Waals surface area contributed by atoms with E-state index in [1.54, 1.807) is 0 Å². The topological polar surface area (TPSA) is 26.3 Å². The van der Waals surface area contributed by atoms with Gasteiger partial charge in [-0.15, -0.1) is 0 Å². The second kappa shape index (κ2) is 7.60. The number of esters is 1. The van der Waals surface area contributed by atoms with Crippen LogP contribution in [0.3, 0.4) is 0 Å². The van der Waals surface area contributed by atoms with Gasteiger partial charge in [0.2, 0.25) is 0 Å². The van der Waals surface area contributed by atoms with Gasteiger partial charge in [-0.25, -0.2) is 0 Å². The van der Waals surface area contributed by atoms with Crippen LogP contribution in [0.1, 0.15) is 47.0 Å². The van der Waals surface area contributed by atoms with E-state index in [1.165, 1.54) is 0 Å². The molecule has 0 radical (unpaired) electrons. The molecule has 0 rings (SSSR count). The molecule has 0 aromatic rings. The molecule has 1 atom stereocenters.